The summed E-state index contributed by atoms with van der Waals surface area (Å²) in [6, 6.07) is 14.5. The Kier molecular flexibility index (Phi) is 2.88. The maximum Gasteiger partial charge on any atom is 0.133 e. The third-order valence-corrected chi connectivity index (χ3v) is 2.89. The summed E-state index contributed by atoms with van der Waals surface area (Å²) in [7, 11) is 0. The minimum atomic E-state index is -0.579. The van der Waals surface area contributed by atoms with Crippen LogP contribution in [-0.2, 0) is 0 Å². The average Bonchev–Trinajstić information content (AvgIpc) is 2.91. The molecule has 0 amide bonds. The molecular weight excluding hydrogens is 246 g/mol. The topological polar surface area (TPSA) is 13.1 Å². The molecular formula is C16H10F2O. The van der Waals surface area contributed by atoms with Crippen LogP contribution in [0.4, 0.5) is 8.78 Å². The molecule has 1 aromatic heterocycles. The van der Waals surface area contributed by atoms with Gasteiger partial charge in [0, 0.05) is 11.6 Å². The average molecular weight is 256 g/mol. The van der Waals surface area contributed by atoms with Gasteiger partial charge in [-0.2, -0.15) is 0 Å². The summed E-state index contributed by atoms with van der Waals surface area (Å²) in [5.41, 5.74) is 2.20. The van der Waals surface area contributed by atoms with Crippen LogP contribution in [0.25, 0.3) is 22.5 Å². The molecule has 0 fully saturated rings. The van der Waals surface area contributed by atoms with Gasteiger partial charge >= 0.3 is 0 Å². The molecule has 1 nitrogen and oxygen atoms in total. The van der Waals surface area contributed by atoms with Crippen LogP contribution in [0.5, 0.6) is 0 Å². The number of hydrogen-bond acceptors (Lipinski definition) is 1. The zero-order valence-electron chi connectivity index (χ0n) is 9.94. The molecule has 3 heteroatoms. The normalized spacial score (nSPS) is 10.6. The molecule has 0 unspecified atom stereocenters. The first kappa shape index (κ1) is 11.7. The van der Waals surface area contributed by atoms with E-state index in [9.17, 15) is 8.78 Å². The maximum atomic E-state index is 13.2. The van der Waals surface area contributed by atoms with Crippen molar-refractivity contribution in [2.24, 2.45) is 0 Å². The van der Waals surface area contributed by atoms with Gasteiger partial charge in [0.05, 0.1) is 6.26 Å². The van der Waals surface area contributed by atoms with Crippen LogP contribution in [-0.4, -0.2) is 0 Å². The molecule has 94 valence electrons. The molecule has 3 aromatic rings. The first-order chi connectivity index (χ1) is 9.22. The molecule has 0 spiro atoms. The Balaban J connectivity index is 1.98. The van der Waals surface area contributed by atoms with E-state index in [2.05, 4.69) is 0 Å². The Morgan fingerprint density at radius 3 is 1.89 bits per heavy atom. The monoisotopic (exact) mass is 256 g/mol. The van der Waals surface area contributed by atoms with Gasteiger partial charge in [-0.05, 0) is 35.4 Å². The summed E-state index contributed by atoms with van der Waals surface area (Å²) < 4.78 is 31.6. The zero-order valence-corrected chi connectivity index (χ0v) is 9.94. The molecule has 0 N–H and O–H groups in total. The predicted octanol–water partition coefficient (Wildman–Crippen LogP) is 4.89. The second kappa shape index (κ2) is 4.69. The highest BCUT2D eigenvalue weighted by molar-refractivity contribution is 5.68. The Labute approximate surface area is 109 Å². The lowest BCUT2D eigenvalue weighted by Gasteiger charge is -2.04. The molecule has 0 bridgehead atoms. The quantitative estimate of drug-likeness (QED) is 0.636. The first-order valence-electron chi connectivity index (χ1n) is 5.83. The molecule has 19 heavy (non-hydrogen) atoms. The molecule has 0 aliphatic carbocycles. The molecule has 0 aliphatic rings. The van der Waals surface area contributed by atoms with Crippen LogP contribution in [0, 0.1) is 11.6 Å². The Hall–Kier alpha value is -2.42. The molecule has 0 saturated carbocycles. The minimum absolute atomic E-state index is 0.517. The highest BCUT2D eigenvalue weighted by atomic mass is 19.1. The van der Waals surface area contributed by atoms with Crippen molar-refractivity contribution in [1.29, 1.82) is 0 Å². The van der Waals surface area contributed by atoms with Gasteiger partial charge in [0.15, 0.2) is 0 Å². The lowest BCUT2D eigenvalue weighted by molar-refractivity contribution is 0.582. The smallest absolute Gasteiger partial charge is 0.133 e. The van der Waals surface area contributed by atoms with Crippen molar-refractivity contribution < 1.29 is 13.2 Å². The number of hydrogen-bond donors (Lipinski definition) is 0. The molecule has 0 saturated heterocycles. The fourth-order valence-electron chi connectivity index (χ4n) is 1.99. The molecule has 1 heterocycles. The lowest BCUT2D eigenvalue weighted by atomic mass is 10.0. The lowest BCUT2D eigenvalue weighted by Crippen LogP contribution is -1.84. The van der Waals surface area contributed by atoms with Crippen LogP contribution in [0.1, 0.15) is 0 Å². The summed E-state index contributed by atoms with van der Waals surface area (Å²) in [5, 5.41) is 0. The predicted molar refractivity (Wildman–Crippen MR) is 69.5 cm³/mol. The van der Waals surface area contributed by atoms with Gasteiger partial charge in [-0.25, -0.2) is 8.78 Å². The summed E-state index contributed by atoms with van der Waals surface area (Å²) >= 11 is 0. The van der Waals surface area contributed by atoms with E-state index in [-0.39, 0.29) is 0 Å². The summed E-state index contributed by atoms with van der Waals surface area (Å²) in [6.07, 6.45) is 1.60. The van der Waals surface area contributed by atoms with Gasteiger partial charge in [0.2, 0.25) is 0 Å². The van der Waals surface area contributed by atoms with Gasteiger partial charge in [-0.3, -0.25) is 0 Å². The standard InChI is InChI=1S/C16H10F2O/c17-14-8-13(9-15(18)10-14)11-3-5-12(6-4-11)16-2-1-7-19-16/h1-10H. The van der Waals surface area contributed by atoms with Crippen molar-refractivity contribution in [2.45, 2.75) is 0 Å². The highest BCUT2D eigenvalue weighted by Gasteiger charge is 2.05. The molecule has 2 aromatic carbocycles. The summed E-state index contributed by atoms with van der Waals surface area (Å²) in [5.74, 6) is -0.396. The van der Waals surface area contributed by atoms with E-state index in [0.717, 1.165) is 23.0 Å². The van der Waals surface area contributed by atoms with Crippen molar-refractivity contribution >= 4 is 0 Å². The SMILES string of the molecule is Fc1cc(F)cc(-c2ccc(-c3ccco3)cc2)c1. The molecule has 0 atom stereocenters. The highest BCUT2D eigenvalue weighted by Crippen LogP contribution is 2.26. The van der Waals surface area contributed by atoms with Crippen LogP contribution in [0.3, 0.4) is 0 Å². The first-order valence-corrected chi connectivity index (χ1v) is 5.83. The van der Waals surface area contributed by atoms with Crippen molar-refractivity contribution in [3.05, 3.63) is 72.5 Å². The Bertz CT molecular complexity index is 665. The number of rotatable bonds is 2. The van der Waals surface area contributed by atoms with Gasteiger partial charge in [0.25, 0.3) is 0 Å². The molecule has 0 radical (unpaired) electrons. The van der Waals surface area contributed by atoms with Crippen LogP contribution >= 0.6 is 0 Å². The largest absolute Gasteiger partial charge is 0.464 e. The molecule has 0 aliphatic heterocycles. The van der Waals surface area contributed by atoms with Gasteiger partial charge < -0.3 is 4.42 Å². The van der Waals surface area contributed by atoms with Crippen LogP contribution < -0.4 is 0 Å². The fourth-order valence-corrected chi connectivity index (χ4v) is 1.99. The third-order valence-electron chi connectivity index (χ3n) is 2.89. The second-order valence-corrected chi connectivity index (χ2v) is 4.21. The number of benzene rings is 2. The Morgan fingerprint density at radius 2 is 1.32 bits per heavy atom. The van der Waals surface area contributed by atoms with Crippen molar-refractivity contribution in [3.8, 4) is 22.5 Å². The number of furan rings is 1. The van der Waals surface area contributed by atoms with Gasteiger partial charge in [0.1, 0.15) is 17.4 Å². The minimum Gasteiger partial charge on any atom is -0.464 e. The fraction of sp³-hybridized carbons (Fsp3) is 0. The van der Waals surface area contributed by atoms with Crippen molar-refractivity contribution in [2.75, 3.05) is 0 Å². The Morgan fingerprint density at radius 1 is 0.684 bits per heavy atom. The van der Waals surface area contributed by atoms with E-state index in [1.54, 1.807) is 6.26 Å². The van der Waals surface area contributed by atoms with E-state index in [0.29, 0.717) is 5.56 Å². The maximum absolute atomic E-state index is 13.2. The van der Waals surface area contributed by atoms with E-state index < -0.39 is 11.6 Å². The summed E-state index contributed by atoms with van der Waals surface area (Å²) in [6.45, 7) is 0. The van der Waals surface area contributed by atoms with Crippen LogP contribution in [0.15, 0.2) is 65.3 Å². The third kappa shape index (κ3) is 2.40. The van der Waals surface area contributed by atoms with Crippen molar-refractivity contribution in [1.82, 2.24) is 0 Å². The second-order valence-electron chi connectivity index (χ2n) is 4.21. The van der Waals surface area contributed by atoms with Gasteiger partial charge in [-0.15, -0.1) is 0 Å². The van der Waals surface area contributed by atoms with E-state index >= 15 is 0 Å². The zero-order chi connectivity index (χ0) is 13.2. The van der Waals surface area contributed by atoms with E-state index in [4.69, 9.17) is 4.42 Å². The van der Waals surface area contributed by atoms with Crippen LogP contribution in [0.2, 0.25) is 0 Å². The van der Waals surface area contributed by atoms with Gasteiger partial charge in [-0.1, -0.05) is 24.3 Å². The molecule has 3 rings (SSSR count). The van der Waals surface area contributed by atoms with Crippen molar-refractivity contribution in [3.63, 3.8) is 0 Å². The van der Waals surface area contributed by atoms with E-state index in [1.807, 2.05) is 36.4 Å². The summed E-state index contributed by atoms with van der Waals surface area (Å²) in [4.78, 5) is 0. The number of halogens is 2. The van der Waals surface area contributed by atoms with E-state index in [1.165, 1.54) is 12.1 Å².